The fraction of sp³-hybridized carbons (Fsp3) is 0.176. The van der Waals surface area contributed by atoms with Crippen molar-refractivity contribution in [1.82, 2.24) is 4.57 Å². The Morgan fingerprint density at radius 2 is 1.81 bits per heavy atom. The second kappa shape index (κ2) is 6.06. The molecule has 1 amide bonds. The van der Waals surface area contributed by atoms with E-state index in [1.54, 1.807) is 11.3 Å². The van der Waals surface area contributed by atoms with E-state index >= 15 is 0 Å². The van der Waals surface area contributed by atoms with Gasteiger partial charge >= 0.3 is 0 Å². The minimum absolute atomic E-state index is 0.0614. The maximum Gasteiger partial charge on any atom is 0.248 e. The topological polar surface area (TPSA) is 34.4 Å². The SMILES string of the molecule is CCCC(=O)N=c1sc2ccccc2n1-c1ccccc1. The number of carbonyl (C=O) groups excluding carboxylic acids is 1. The Balaban J connectivity index is 2.27. The summed E-state index contributed by atoms with van der Waals surface area (Å²) in [6.07, 6.45) is 1.31. The summed E-state index contributed by atoms with van der Waals surface area (Å²) in [5, 5.41) is 0. The van der Waals surface area contributed by atoms with Crippen LogP contribution in [0.2, 0.25) is 0 Å². The molecule has 3 rings (SSSR count). The van der Waals surface area contributed by atoms with E-state index in [2.05, 4.69) is 17.1 Å². The quantitative estimate of drug-likeness (QED) is 0.721. The van der Waals surface area contributed by atoms with Crippen molar-refractivity contribution in [3.8, 4) is 5.69 Å². The minimum Gasteiger partial charge on any atom is -0.285 e. The van der Waals surface area contributed by atoms with Gasteiger partial charge in [0, 0.05) is 12.1 Å². The van der Waals surface area contributed by atoms with E-state index in [0.717, 1.165) is 27.1 Å². The van der Waals surface area contributed by atoms with Crippen LogP contribution in [0.4, 0.5) is 0 Å². The van der Waals surface area contributed by atoms with Crippen molar-refractivity contribution in [2.75, 3.05) is 0 Å². The summed E-state index contributed by atoms with van der Waals surface area (Å²) in [7, 11) is 0. The molecule has 0 atom stereocenters. The Kier molecular flexibility index (Phi) is 3.97. The lowest BCUT2D eigenvalue weighted by atomic mass is 10.3. The molecule has 2 aromatic carbocycles. The highest BCUT2D eigenvalue weighted by Crippen LogP contribution is 2.20. The molecule has 1 aromatic heterocycles. The number of carbonyl (C=O) groups is 1. The molecule has 0 fully saturated rings. The number of hydrogen-bond donors (Lipinski definition) is 0. The largest absolute Gasteiger partial charge is 0.285 e. The summed E-state index contributed by atoms with van der Waals surface area (Å²) in [4.78, 5) is 16.9. The van der Waals surface area contributed by atoms with Gasteiger partial charge < -0.3 is 0 Å². The fourth-order valence-electron chi connectivity index (χ4n) is 2.25. The molecular weight excluding hydrogens is 280 g/mol. The molecule has 21 heavy (non-hydrogen) atoms. The van der Waals surface area contributed by atoms with Gasteiger partial charge in [-0.3, -0.25) is 9.36 Å². The second-order valence-corrected chi connectivity index (χ2v) is 5.79. The molecule has 0 saturated carbocycles. The molecule has 0 radical (unpaired) electrons. The first-order valence-corrected chi connectivity index (χ1v) is 7.85. The predicted octanol–water partition coefficient (Wildman–Crippen LogP) is 3.92. The monoisotopic (exact) mass is 296 g/mol. The van der Waals surface area contributed by atoms with E-state index in [1.807, 2.05) is 54.0 Å². The van der Waals surface area contributed by atoms with Gasteiger partial charge in [-0.15, -0.1) is 0 Å². The summed E-state index contributed by atoms with van der Waals surface area (Å²) in [6, 6.07) is 18.2. The van der Waals surface area contributed by atoms with Crippen LogP contribution in [-0.2, 0) is 4.79 Å². The average molecular weight is 296 g/mol. The van der Waals surface area contributed by atoms with E-state index in [-0.39, 0.29) is 5.91 Å². The number of benzene rings is 2. The zero-order chi connectivity index (χ0) is 14.7. The number of amides is 1. The van der Waals surface area contributed by atoms with Crippen molar-refractivity contribution >= 4 is 27.5 Å². The van der Waals surface area contributed by atoms with Crippen molar-refractivity contribution in [1.29, 1.82) is 0 Å². The third kappa shape index (κ3) is 2.81. The predicted molar refractivity (Wildman–Crippen MR) is 86.6 cm³/mol. The molecule has 0 bridgehead atoms. The number of para-hydroxylation sites is 2. The maximum atomic E-state index is 11.9. The van der Waals surface area contributed by atoms with Crippen molar-refractivity contribution < 1.29 is 4.79 Å². The van der Waals surface area contributed by atoms with Gasteiger partial charge in [0.2, 0.25) is 5.91 Å². The summed E-state index contributed by atoms with van der Waals surface area (Å²) in [5.74, 6) is -0.0614. The van der Waals surface area contributed by atoms with Crippen LogP contribution in [0, 0.1) is 0 Å². The first-order chi connectivity index (χ1) is 10.3. The van der Waals surface area contributed by atoms with Gasteiger partial charge in [0.15, 0.2) is 4.80 Å². The lowest BCUT2D eigenvalue weighted by Crippen LogP contribution is -2.14. The number of thiazole rings is 1. The molecule has 3 aromatic rings. The van der Waals surface area contributed by atoms with Crippen molar-refractivity contribution in [2.45, 2.75) is 19.8 Å². The van der Waals surface area contributed by atoms with Gasteiger partial charge in [0.05, 0.1) is 10.2 Å². The standard InChI is InChI=1S/C17H16N2OS/c1-2-8-16(20)18-17-19(13-9-4-3-5-10-13)14-11-6-7-12-15(14)21-17/h3-7,9-12H,2,8H2,1H3. The first kappa shape index (κ1) is 13.8. The van der Waals surface area contributed by atoms with E-state index in [9.17, 15) is 4.79 Å². The molecular formula is C17H16N2OS. The molecule has 3 nitrogen and oxygen atoms in total. The third-order valence-corrected chi connectivity index (χ3v) is 4.22. The fourth-order valence-corrected chi connectivity index (χ4v) is 3.30. The van der Waals surface area contributed by atoms with E-state index in [0.29, 0.717) is 6.42 Å². The van der Waals surface area contributed by atoms with E-state index < -0.39 is 0 Å². The van der Waals surface area contributed by atoms with E-state index in [4.69, 9.17) is 0 Å². The second-order valence-electron chi connectivity index (χ2n) is 4.78. The van der Waals surface area contributed by atoms with Gasteiger partial charge in [-0.2, -0.15) is 4.99 Å². The third-order valence-electron chi connectivity index (χ3n) is 3.20. The van der Waals surface area contributed by atoms with Crippen molar-refractivity contribution in [3.63, 3.8) is 0 Å². The summed E-state index contributed by atoms with van der Waals surface area (Å²) in [6.45, 7) is 1.99. The Morgan fingerprint density at radius 1 is 1.10 bits per heavy atom. The van der Waals surface area contributed by atoms with Crippen LogP contribution in [0.25, 0.3) is 15.9 Å². The lowest BCUT2D eigenvalue weighted by Gasteiger charge is -2.04. The number of hydrogen-bond acceptors (Lipinski definition) is 2. The van der Waals surface area contributed by atoms with Crippen molar-refractivity contribution in [3.05, 3.63) is 59.4 Å². The van der Waals surface area contributed by atoms with Crippen molar-refractivity contribution in [2.24, 2.45) is 4.99 Å². The molecule has 1 heterocycles. The highest BCUT2D eigenvalue weighted by atomic mass is 32.1. The van der Waals surface area contributed by atoms with Crippen LogP contribution in [0.1, 0.15) is 19.8 Å². The highest BCUT2D eigenvalue weighted by Gasteiger charge is 2.08. The lowest BCUT2D eigenvalue weighted by molar-refractivity contribution is -0.118. The van der Waals surface area contributed by atoms with Gasteiger partial charge in [0.25, 0.3) is 0 Å². The number of fused-ring (bicyclic) bond motifs is 1. The highest BCUT2D eigenvalue weighted by molar-refractivity contribution is 7.16. The van der Waals surface area contributed by atoms with Gasteiger partial charge in [-0.05, 0) is 30.7 Å². The summed E-state index contributed by atoms with van der Waals surface area (Å²) < 4.78 is 3.18. The number of rotatable bonds is 3. The molecule has 0 aliphatic carbocycles. The molecule has 0 N–H and O–H groups in total. The molecule has 0 aliphatic heterocycles. The molecule has 106 valence electrons. The van der Waals surface area contributed by atoms with Crippen LogP contribution >= 0.6 is 11.3 Å². The van der Waals surface area contributed by atoms with Gasteiger partial charge in [-0.1, -0.05) is 48.6 Å². The Hall–Kier alpha value is -2.20. The normalized spacial score (nSPS) is 12.0. The molecule has 0 spiro atoms. The van der Waals surface area contributed by atoms with Crippen LogP contribution in [0.3, 0.4) is 0 Å². The molecule has 4 heteroatoms. The Morgan fingerprint density at radius 3 is 2.57 bits per heavy atom. The van der Waals surface area contributed by atoms with Crippen LogP contribution in [-0.4, -0.2) is 10.5 Å². The smallest absolute Gasteiger partial charge is 0.248 e. The molecule has 0 unspecified atom stereocenters. The minimum atomic E-state index is -0.0614. The zero-order valence-electron chi connectivity index (χ0n) is 11.8. The summed E-state index contributed by atoms with van der Waals surface area (Å²) in [5.41, 5.74) is 2.11. The summed E-state index contributed by atoms with van der Waals surface area (Å²) >= 11 is 1.55. The average Bonchev–Trinajstić information content (AvgIpc) is 2.86. The Labute approximate surface area is 127 Å². The Bertz CT molecular complexity index is 831. The van der Waals surface area contributed by atoms with E-state index in [1.165, 1.54) is 0 Å². The molecule has 0 aliphatic rings. The zero-order valence-corrected chi connectivity index (χ0v) is 12.6. The molecule has 0 saturated heterocycles. The number of aromatic nitrogens is 1. The van der Waals surface area contributed by atoms with Crippen LogP contribution < -0.4 is 4.80 Å². The van der Waals surface area contributed by atoms with Crippen LogP contribution in [0.5, 0.6) is 0 Å². The first-order valence-electron chi connectivity index (χ1n) is 7.03. The van der Waals surface area contributed by atoms with Crippen LogP contribution in [0.15, 0.2) is 59.6 Å². The van der Waals surface area contributed by atoms with Gasteiger partial charge in [0.1, 0.15) is 0 Å². The maximum absolute atomic E-state index is 11.9. The number of nitrogens with zero attached hydrogens (tertiary/aromatic N) is 2. The van der Waals surface area contributed by atoms with Gasteiger partial charge in [-0.25, -0.2) is 0 Å².